The number of rotatable bonds is 11. The largest absolute Gasteiger partial charge is 0.497 e. The Hall–Kier alpha value is -4.50. The van der Waals surface area contributed by atoms with Crippen LogP contribution in [-0.4, -0.2) is 59.4 Å². The molecule has 4 rings (SSSR count). The van der Waals surface area contributed by atoms with E-state index in [2.05, 4.69) is 10.2 Å². The van der Waals surface area contributed by atoms with Crippen molar-refractivity contribution in [2.24, 2.45) is 0 Å². The molecule has 1 amide bonds. The lowest BCUT2D eigenvalue weighted by Gasteiger charge is -2.14. The summed E-state index contributed by atoms with van der Waals surface area (Å²) in [5, 5.41) is 3.25. The summed E-state index contributed by atoms with van der Waals surface area (Å²) in [6.45, 7) is 1.36. The molecule has 1 heterocycles. The van der Waals surface area contributed by atoms with Gasteiger partial charge in [0.05, 0.1) is 27.9 Å². The first-order valence-corrected chi connectivity index (χ1v) is 12.4. The molecule has 0 atom stereocenters. The second-order valence-corrected chi connectivity index (χ2v) is 9.07. The first-order chi connectivity index (χ1) is 18.8. The number of ether oxygens (including phenoxy) is 4. The number of amides is 1. The lowest BCUT2D eigenvalue weighted by molar-refractivity contribution is 0.102. The standard InChI is InChI=1S/C30H32N2O7/c1-32(2)14-7-15-38-26-13-10-20-18-24(30(34)39-27(20)28(26)37-5)31-29(33)21-11-12-25(36-4)23(17-21)19-8-6-9-22(16-19)35-3/h6,8-13,16-18H,7,14-15H2,1-5H3,(H,31,33). The van der Waals surface area contributed by atoms with Gasteiger partial charge in [-0.15, -0.1) is 0 Å². The summed E-state index contributed by atoms with van der Waals surface area (Å²) >= 11 is 0. The monoisotopic (exact) mass is 532 g/mol. The van der Waals surface area contributed by atoms with Gasteiger partial charge in [0, 0.05) is 23.1 Å². The van der Waals surface area contributed by atoms with Crippen LogP contribution < -0.4 is 29.9 Å². The molecular formula is C30H32N2O7. The van der Waals surface area contributed by atoms with Crippen molar-refractivity contribution in [1.82, 2.24) is 4.90 Å². The normalized spacial score (nSPS) is 10.9. The first-order valence-electron chi connectivity index (χ1n) is 12.4. The van der Waals surface area contributed by atoms with Gasteiger partial charge >= 0.3 is 5.63 Å². The number of carbonyl (C=O) groups excluding carboxylic acids is 1. The van der Waals surface area contributed by atoms with Gasteiger partial charge in [0.1, 0.15) is 17.2 Å². The number of hydrogen-bond acceptors (Lipinski definition) is 8. The van der Waals surface area contributed by atoms with E-state index in [1.165, 1.54) is 7.11 Å². The Labute approximate surface area is 226 Å². The Morgan fingerprint density at radius 2 is 1.72 bits per heavy atom. The molecule has 0 saturated carbocycles. The molecule has 1 aromatic heterocycles. The Bertz CT molecular complexity index is 1530. The van der Waals surface area contributed by atoms with E-state index in [1.807, 2.05) is 38.4 Å². The van der Waals surface area contributed by atoms with Gasteiger partial charge < -0.3 is 33.6 Å². The number of methoxy groups -OCH3 is 3. The van der Waals surface area contributed by atoms with Crippen molar-refractivity contribution < 1.29 is 28.2 Å². The zero-order valence-electron chi connectivity index (χ0n) is 22.7. The maximum atomic E-state index is 13.2. The van der Waals surface area contributed by atoms with Gasteiger partial charge in [-0.2, -0.15) is 0 Å². The molecule has 0 aliphatic carbocycles. The summed E-state index contributed by atoms with van der Waals surface area (Å²) in [5.74, 6) is 1.60. The molecule has 204 valence electrons. The Balaban J connectivity index is 1.60. The average Bonchev–Trinajstić information content (AvgIpc) is 2.95. The van der Waals surface area contributed by atoms with E-state index >= 15 is 0 Å². The van der Waals surface area contributed by atoms with E-state index in [9.17, 15) is 9.59 Å². The van der Waals surface area contributed by atoms with Crippen LogP contribution in [0, 0.1) is 0 Å². The number of nitrogens with one attached hydrogen (secondary N) is 1. The van der Waals surface area contributed by atoms with E-state index < -0.39 is 11.5 Å². The minimum Gasteiger partial charge on any atom is -0.497 e. The van der Waals surface area contributed by atoms with Crippen LogP contribution in [0.25, 0.3) is 22.1 Å². The zero-order valence-corrected chi connectivity index (χ0v) is 22.7. The maximum Gasteiger partial charge on any atom is 0.360 e. The van der Waals surface area contributed by atoms with Crippen molar-refractivity contribution in [3.05, 3.63) is 76.6 Å². The number of anilines is 1. The smallest absolute Gasteiger partial charge is 0.360 e. The predicted octanol–water partition coefficient (Wildman–Crippen LogP) is 5.07. The highest BCUT2D eigenvalue weighted by atomic mass is 16.5. The summed E-state index contributed by atoms with van der Waals surface area (Å²) < 4.78 is 27.8. The fourth-order valence-electron chi connectivity index (χ4n) is 4.16. The molecule has 3 aromatic carbocycles. The summed E-state index contributed by atoms with van der Waals surface area (Å²) in [4.78, 5) is 28.1. The van der Waals surface area contributed by atoms with Gasteiger partial charge in [0.15, 0.2) is 11.3 Å². The number of benzene rings is 3. The van der Waals surface area contributed by atoms with Gasteiger partial charge in [-0.25, -0.2) is 4.79 Å². The van der Waals surface area contributed by atoms with Crippen molar-refractivity contribution in [1.29, 1.82) is 0 Å². The van der Waals surface area contributed by atoms with Crippen LogP contribution in [0.5, 0.6) is 23.0 Å². The van der Waals surface area contributed by atoms with Crippen molar-refractivity contribution in [3.8, 4) is 34.1 Å². The van der Waals surface area contributed by atoms with Crippen LogP contribution in [0.1, 0.15) is 16.8 Å². The van der Waals surface area contributed by atoms with Crippen LogP contribution in [0.2, 0.25) is 0 Å². The summed E-state index contributed by atoms with van der Waals surface area (Å²) in [6.07, 6.45) is 0.827. The second kappa shape index (κ2) is 12.4. The third-order valence-corrected chi connectivity index (χ3v) is 6.12. The highest BCUT2D eigenvalue weighted by Crippen LogP contribution is 2.36. The van der Waals surface area contributed by atoms with E-state index in [0.29, 0.717) is 46.1 Å². The highest BCUT2D eigenvalue weighted by molar-refractivity contribution is 6.06. The van der Waals surface area contributed by atoms with E-state index in [4.69, 9.17) is 23.4 Å². The molecule has 0 radical (unpaired) electrons. The molecule has 0 bridgehead atoms. The zero-order chi connectivity index (χ0) is 27.9. The van der Waals surface area contributed by atoms with E-state index in [0.717, 1.165) is 18.5 Å². The van der Waals surface area contributed by atoms with Gasteiger partial charge in [0.25, 0.3) is 5.91 Å². The lowest BCUT2D eigenvalue weighted by atomic mass is 10.0. The minimum atomic E-state index is -0.708. The third kappa shape index (κ3) is 6.32. The van der Waals surface area contributed by atoms with Crippen LogP contribution >= 0.6 is 0 Å². The van der Waals surface area contributed by atoms with Crippen LogP contribution in [0.3, 0.4) is 0 Å². The third-order valence-electron chi connectivity index (χ3n) is 6.12. The van der Waals surface area contributed by atoms with Crippen molar-refractivity contribution in [2.45, 2.75) is 6.42 Å². The van der Waals surface area contributed by atoms with Crippen LogP contribution in [-0.2, 0) is 0 Å². The average molecular weight is 533 g/mol. The maximum absolute atomic E-state index is 13.2. The van der Waals surface area contributed by atoms with Crippen molar-refractivity contribution >= 4 is 22.6 Å². The molecule has 0 spiro atoms. The quantitative estimate of drug-likeness (QED) is 0.211. The Morgan fingerprint density at radius 1 is 0.923 bits per heavy atom. The number of fused-ring (bicyclic) bond motifs is 1. The molecule has 1 N–H and O–H groups in total. The minimum absolute atomic E-state index is 0.00736. The molecule has 0 saturated heterocycles. The molecule has 9 nitrogen and oxygen atoms in total. The Kier molecular flexibility index (Phi) is 8.73. The van der Waals surface area contributed by atoms with Gasteiger partial charge in [-0.1, -0.05) is 12.1 Å². The summed E-state index contributed by atoms with van der Waals surface area (Å²) in [6, 6.07) is 17.5. The SMILES string of the molecule is COc1cccc(-c2cc(C(=O)Nc3cc4ccc(OCCCN(C)C)c(OC)c4oc3=O)ccc2OC)c1. The first kappa shape index (κ1) is 27.5. The number of carbonyl (C=O) groups is 1. The van der Waals surface area contributed by atoms with Gasteiger partial charge in [-0.3, -0.25) is 4.79 Å². The molecule has 39 heavy (non-hydrogen) atoms. The van der Waals surface area contributed by atoms with E-state index in [1.54, 1.807) is 50.6 Å². The molecule has 9 heteroatoms. The molecule has 0 unspecified atom stereocenters. The van der Waals surface area contributed by atoms with Crippen molar-refractivity contribution in [2.75, 3.05) is 53.9 Å². The predicted molar refractivity (Wildman–Crippen MR) is 151 cm³/mol. The van der Waals surface area contributed by atoms with Gasteiger partial charge in [-0.05, 0) is 74.6 Å². The van der Waals surface area contributed by atoms with E-state index in [-0.39, 0.29) is 11.3 Å². The fraction of sp³-hybridized carbons (Fsp3) is 0.267. The summed E-state index contributed by atoms with van der Waals surface area (Å²) in [5.41, 5.74) is 1.41. The summed E-state index contributed by atoms with van der Waals surface area (Å²) in [7, 11) is 8.63. The molecule has 0 aliphatic heterocycles. The molecule has 0 aliphatic rings. The second-order valence-electron chi connectivity index (χ2n) is 9.07. The molecule has 4 aromatic rings. The molecule has 0 fully saturated rings. The fourth-order valence-corrected chi connectivity index (χ4v) is 4.16. The van der Waals surface area contributed by atoms with Crippen molar-refractivity contribution in [3.63, 3.8) is 0 Å². The topological polar surface area (TPSA) is 99.5 Å². The Morgan fingerprint density at radius 3 is 2.44 bits per heavy atom. The number of nitrogens with zero attached hydrogens (tertiary/aromatic N) is 1. The van der Waals surface area contributed by atoms with Crippen LogP contribution in [0.15, 0.2) is 69.9 Å². The lowest BCUT2D eigenvalue weighted by Crippen LogP contribution is -2.18. The molecular weight excluding hydrogens is 500 g/mol. The van der Waals surface area contributed by atoms with Crippen LogP contribution in [0.4, 0.5) is 5.69 Å². The van der Waals surface area contributed by atoms with Gasteiger partial charge in [0.2, 0.25) is 5.75 Å². The number of hydrogen-bond donors (Lipinski definition) is 1. The highest BCUT2D eigenvalue weighted by Gasteiger charge is 2.18.